The fourth-order valence-electron chi connectivity index (χ4n) is 5.13. The van der Waals surface area contributed by atoms with Crippen LogP contribution in [0.1, 0.15) is 64.5 Å². The minimum atomic E-state index is 0.215. The number of hydrogen-bond donors (Lipinski definition) is 0. The molecular formula is C27H40N4OS. The molecule has 4 rings (SSSR count). The van der Waals surface area contributed by atoms with E-state index in [1.807, 2.05) is 14.1 Å². The second-order valence-corrected chi connectivity index (χ2v) is 12.1. The second kappa shape index (κ2) is 9.38. The van der Waals surface area contributed by atoms with Gasteiger partial charge < -0.3 is 9.80 Å². The molecule has 0 saturated carbocycles. The number of rotatable bonds is 6. The first-order valence-corrected chi connectivity index (χ1v) is 13.2. The molecule has 0 atom stereocenters. The van der Waals surface area contributed by atoms with Crippen molar-refractivity contribution in [3.05, 3.63) is 34.7 Å². The minimum absolute atomic E-state index is 0.215. The highest BCUT2D eigenvalue weighted by atomic mass is 32.1. The molecule has 1 aliphatic heterocycles. The standard InChI is InChI=1S/C27H40N4OS/c1-26(2)11-12-27(3,4)22-18-20(9-10-21(22)26)23-19-33-25(28-23)31-16-14-30(15-17-31)13-7-8-24(32)29(5)6/h9-10,18-19H,7-8,11-17H2,1-6H3. The van der Waals surface area contributed by atoms with Crippen LogP contribution in [0.3, 0.4) is 0 Å². The van der Waals surface area contributed by atoms with Gasteiger partial charge in [0.25, 0.3) is 0 Å². The predicted molar refractivity (Wildman–Crippen MR) is 139 cm³/mol. The topological polar surface area (TPSA) is 39.7 Å². The molecule has 2 heterocycles. The highest BCUT2D eigenvalue weighted by Gasteiger charge is 2.37. The summed E-state index contributed by atoms with van der Waals surface area (Å²) in [5, 5.41) is 3.35. The molecule has 6 heteroatoms. The predicted octanol–water partition coefficient (Wildman–Crippen LogP) is 5.15. The third kappa shape index (κ3) is 5.27. The third-order valence-electron chi connectivity index (χ3n) is 7.65. The molecule has 33 heavy (non-hydrogen) atoms. The Balaban J connectivity index is 1.39. The van der Waals surface area contributed by atoms with E-state index in [2.05, 4.69) is 61.1 Å². The number of carbonyl (C=O) groups is 1. The molecule has 0 bridgehead atoms. The maximum Gasteiger partial charge on any atom is 0.222 e. The lowest BCUT2D eigenvalue weighted by Crippen LogP contribution is -2.46. The Morgan fingerprint density at radius 1 is 1.03 bits per heavy atom. The first-order valence-electron chi connectivity index (χ1n) is 12.4. The van der Waals surface area contributed by atoms with E-state index in [4.69, 9.17) is 4.98 Å². The van der Waals surface area contributed by atoms with Crippen LogP contribution >= 0.6 is 11.3 Å². The van der Waals surface area contributed by atoms with Gasteiger partial charge in [-0.25, -0.2) is 4.98 Å². The summed E-state index contributed by atoms with van der Waals surface area (Å²) in [6, 6.07) is 7.03. The van der Waals surface area contributed by atoms with Crippen molar-refractivity contribution >= 4 is 22.4 Å². The van der Waals surface area contributed by atoms with Crippen molar-refractivity contribution < 1.29 is 4.79 Å². The number of nitrogens with zero attached hydrogens (tertiary/aromatic N) is 4. The molecule has 0 spiro atoms. The van der Waals surface area contributed by atoms with Gasteiger partial charge in [-0.3, -0.25) is 9.69 Å². The van der Waals surface area contributed by atoms with Crippen molar-refractivity contribution in [1.82, 2.24) is 14.8 Å². The number of benzene rings is 1. The smallest absolute Gasteiger partial charge is 0.222 e. The molecule has 2 aromatic rings. The van der Waals surface area contributed by atoms with Crippen LogP contribution in [0.15, 0.2) is 23.6 Å². The minimum Gasteiger partial charge on any atom is -0.349 e. The highest BCUT2D eigenvalue weighted by Crippen LogP contribution is 2.46. The average Bonchev–Trinajstić information content (AvgIpc) is 3.27. The molecule has 1 aliphatic carbocycles. The van der Waals surface area contributed by atoms with Gasteiger partial charge in [0.15, 0.2) is 5.13 Å². The number of carbonyl (C=O) groups excluding carboxylic acids is 1. The van der Waals surface area contributed by atoms with Crippen LogP contribution < -0.4 is 4.90 Å². The van der Waals surface area contributed by atoms with Gasteiger partial charge in [-0.2, -0.15) is 0 Å². The van der Waals surface area contributed by atoms with Crippen molar-refractivity contribution in [2.24, 2.45) is 0 Å². The van der Waals surface area contributed by atoms with Crippen LogP contribution in [0.2, 0.25) is 0 Å². The van der Waals surface area contributed by atoms with Crippen LogP contribution in [-0.2, 0) is 15.6 Å². The lowest BCUT2D eigenvalue weighted by Gasteiger charge is -2.42. The molecular weight excluding hydrogens is 428 g/mol. The van der Waals surface area contributed by atoms with E-state index in [-0.39, 0.29) is 16.7 Å². The first-order chi connectivity index (χ1) is 15.6. The van der Waals surface area contributed by atoms with E-state index in [9.17, 15) is 4.79 Å². The summed E-state index contributed by atoms with van der Waals surface area (Å²) in [6.07, 6.45) is 4.04. The third-order valence-corrected chi connectivity index (χ3v) is 8.55. The Hall–Kier alpha value is -1.92. The van der Waals surface area contributed by atoms with Crippen LogP contribution in [-0.4, -0.2) is 67.5 Å². The van der Waals surface area contributed by atoms with Gasteiger partial charge >= 0.3 is 0 Å². The van der Waals surface area contributed by atoms with E-state index in [0.29, 0.717) is 6.42 Å². The molecule has 5 nitrogen and oxygen atoms in total. The maximum absolute atomic E-state index is 11.8. The summed E-state index contributed by atoms with van der Waals surface area (Å²) in [7, 11) is 3.66. The summed E-state index contributed by atoms with van der Waals surface area (Å²) in [5.74, 6) is 0.220. The molecule has 2 aliphatic rings. The van der Waals surface area contributed by atoms with Crippen molar-refractivity contribution in [3.8, 4) is 11.3 Å². The number of thiazole rings is 1. The van der Waals surface area contributed by atoms with Crippen molar-refractivity contribution in [2.45, 2.75) is 64.2 Å². The number of anilines is 1. The van der Waals surface area contributed by atoms with Gasteiger partial charge in [0.2, 0.25) is 5.91 Å². The summed E-state index contributed by atoms with van der Waals surface area (Å²) in [6.45, 7) is 14.6. The SMILES string of the molecule is CN(C)C(=O)CCCN1CCN(c2nc(-c3ccc4c(c3)C(C)(C)CCC4(C)C)cs2)CC1. The lowest BCUT2D eigenvalue weighted by atomic mass is 9.63. The number of hydrogen-bond acceptors (Lipinski definition) is 5. The fraction of sp³-hybridized carbons (Fsp3) is 0.630. The van der Waals surface area contributed by atoms with Crippen molar-refractivity contribution in [3.63, 3.8) is 0 Å². The highest BCUT2D eigenvalue weighted by molar-refractivity contribution is 7.14. The number of fused-ring (bicyclic) bond motifs is 1. The normalized spacial score (nSPS) is 19.9. The van der Waals surface area contributed by atoms with Crippen LogP contribution in [0.25, 0.3) is 11.3 Å². The number of piperazine rings is 1. The zero-order chi connectivity index (χ0) is 23.8. The van der Waals surface area contributed by atoms with Gasteiger partial charge in [0, 0.05) is 57.6 Å². The Kier molecular flexibility index (Phi) is 6.88. The van der Waals surface area contributed by atoms with Crippen molar-refractivity contribution in [2.75, 3.05) is 51.7 Å². The van der Waals surface area contributed by atoms with Crippen molar-refractivity contribution in [1.29, 1.82) is 0 Å². The van der Waals surface area contributed by atoms with E-state index in [0.717, 1.165) is 50.0 Å². The second-order valence-electron chi connectivity index (χ2n) is 11.3. The van der Waals surface area contributed by atoms with Crippen LogP contribution in [0.5, 0.6) is 0 Å². The van der Waals surface area contributed by atoms with Gasteiger partial charge in [-0.1, -0.05) is 39.8 Å². The Morgan fingerprint density at radius 2 is 1.70 bits per heavy atom. The molecule has 1 aromatic carbocycles. The van der Waals surface area contributed by atoms with E-state index in [1.54, 1.807) is 16.2 Å². The molecule has 0 N–H and O–H groups in total. The Bertz CT molecular complexity index is 986. The fourth-order valence-corrected chi connectivity index (χ4v) is 6.02. The first kappa shape index (κ1) is 24.2. The molecule has 0 radical (unpaired) electrons. The summed E-state index contributed by atoms with van der Waals surface area (Å²) >= 11 is 1.76. The summed E-state index contributed by atoms with van der Waals surface area (Å²) in [5.41, 5.74) is 5.80. The molecule has 180 valence electrons. The van der Waals surface area contributed by atoms with Gasteiger partial charge in [0.1, 0.15) is 0 Å². The van der Waals surface area contributed by atoms with Gasteiger partial charge in [-0.05, 0) is 53.8 Å². The van der Waals surface area contributed by atoms with Crippen LogP contribution in [0.4, 0.5) is 5.13 Å². The quantitative estimate of drug-likeness (QED) is 0.588. The lowest BCUT2D eigenvalue weighted by molar-refractivity contribution is -0.128. The number of aromatic nitrogens is 1. The van der Waals surface area contributed by atoms with E-state index >= 15 is 0 Å². The maximum atomic E-state index is 11.8. The summed E-state index contributed by atoms with van der Waals surface area (Å²) < 4.78 is 0. The largest absolute Gasteiger partial charge is 0.349 e. The molecule has 0 unspecified atom stereocenters. The monoisotopic (exact) mass is 468 g/mol. The average molecular weight is 469 g/mol. The zero-order valence-electron chi connectivity index (χ0n) is 21.3. The van der Waals surface area contributed by atoms with E-state index in [1.165, 1.54) is 29.5 Å². The van der Waals surface area contributed by atoms with Gasteiger partial charge in [-0.15, -0.1) is 11.3 Å². The Morgan fingerprint density at radius 3 is 2.36 bits per heavy atom. The van der Waals surface area contributed by atoms with E-state index < -0.39 is 0 Å². The molecule has 1 saturated heterocycles. The molecule has 1 amide bonds. The number of amides is 1. The molecule has 1 fully saturated rings. The zero-order valence-corrected chi connectivity index (χ0v) is 22.1. The van der Waals surface area contributed by atoms with Gasteiger partial charge in [0.05, 0.1) is 5.69 Å². The molecule has 1 aromatic heterocycles. The van der Waals surface area contributed by atoms with Crippen LogP contribution in [0, 0.1) is 0 Å². The Labute approximate surface area is 203 Å². The summed E-state index contributed by atoms with van der Waals surface area (Å²) in [4.78, 5) is 23.4.